The van der Waals surface area contributed by atoms with Crippen molar-refractivity contribution in [2.75, 3.05) is 31.1 Å². The molecule has 0 spiro atoms. The zero-order chi connectivity index (χ0) is 18.9. The number of piperazine rings is 1. The van der Waals surface area contributed by atoms with Crippen molar-refractivity contribution in [2.24, 2.45) is 0 Å². The van der Waals surface area contributed by atoms with Crippen LogP contribution in [-0.2, 0) is 22.8 Å². The van der Waals surface area contributed by atoms with E-state index in [0.717, 1.165) is 49.6 Å². The fraction of sp³-hybridized carbons (Fsp3) is 0.500. The Morgan fingerprint density at radius 2 is 1.85 bits per heavy atom. The van der Waals surface area contributed by atoms with Gasteiger partial charge in [0.05, 0.1) is 11.5 Å². The van der Waals surface area contributed by atoms with Gasteiger partial charge in [-0.3, -0.25) is 19.8 Å². The standard InChI is InChI=1S/C20H26N4O2S/c1-16-4-2-6-18(22-16)7-9-23-10-11-24(13-17-5-3-8-21-12-17)20-15-27(25,26)14-19(20)23/h2-6,8,12,19-20H,7,9-11,13-15H2,1H3/t19-,20+/m0/s1. The molecule has 0 saturated carbocycles. The van der Waals surface area contributed by atoms with Crippen molar-refractivity contribution in [1.82, 2.24) is 19.8 Å². The van der Waals surface area contributed by atoms with Crippen LogP contribution in [0.1, 0.15) is 17.0 Å². The minimum Gasteiger partial charge on any atom is -0.296 e. The lowest BCUT2D eigenvalue weighted by Crippen LogP contribution is -2.59. The third-order valence-corrected chi connectivity index (χ3v) is 7.31. The lowest BCUT2D eigenvalue weighted by atomic mass is 10.0. The molecule has 4 rings (SSSR count). The highest BCUT2D eigenvalue weighted by atomic mass is 32.2. The van der Waals surface area contributed by atoms with E-state index in [4.69, 9.17) is 0 Å². The summed E-state index contributed by atoms with van der Waals surface area (Å²) in [6, 6.07) is 10.2. The maximum absolute atomic E-state index is 12.4. The number of nitrogens with zero attached hydrogens (tertiary/aromatic N) is 4. The van der Waals surface area contributed by atoms with Gasteiger partial charge in [0.25, 0.3) is 0 Å². The molecule has 0 radical (unpaired) electrons. The minimum absolute atomic E-state index is 0.0643. The molecular formula is C20H26N4O2S. The Morgan fingerprint density at radius 3 is 2.59 bits per heavy atom. The van der Waals surface area contributed by atoms with Crippen molar-refractivity contribution in [1.29, 1.82) is 0 Å². The molecule has 0 bridgehead atoms. The minimum atomic E-state index is -2.99. The number of rotatable bonds is 5. The first-order chi connectivity index (χ1) is 13.0. The largest absolute Gasteiger partial charge is 0.296 e. The number of fused-ring (bicyclic) bond motifs is 1. The number of pyridine rings is 2. The molecule has 6 nitrogen and oxygen atoms in total. The average Bonchev–Trinajstić information content (AvgIpc) is 2.98. The van der Waals surface area contributed by atoms with Crippen molar-refractivity contribution in [2.45, 2.75) is 32.0 Å². The first kappa shape index (κ1) is 18.5. The van der Waals surface area contributed by atoms with Crippen LogP contribution in [0, 0.1) is 6.92 Å². The van der Waals surface area contributed by atoms with Gasteiger partial charge in [-0.05, 0) is 30.7 Å². The van der Waals surface area contributed by atoms with Crippen LogP contribution in [-0.4, -0.2) is 71.4 Å². The Bertz CT molecular complexity index is 888. The van der Waals surface area contributed by atoms with Crippen LogP contribution >= 0.6 is 0 Å². The first-order valence-electron chi connectivity index (χ1n) is 9.50. The Hall–Kier alpha value is -1.83. The van der Waals surface area contributed by atoms with Crippen LogP contribution in [0.5, 0.6) is 0 Å². The van der Waals surface area contributed by atoms with Gasteiger partial charge in [-0.2, -0.15) is 0 Å². The summed E-state index contributed by atoms with van der Waals surface area (Å²) in [7, 11) is -2.99. The maximum atomic E-state index is 12.4. The second kappa shape index (κ2) is 7.66. The first-order valence-corrected chi connectivity index (χ1v) is 11.3. The number of hydrogen-bond donors (Lipinski definition) is 0. The highest BCUT2D eigenvalue weighted by molar-refractivity contribution is 7.91. The van der Waals surface area contributed by atoms with E-state index in [9.17, 15) is 8.42 Å². The molecule has 0 unspecified atom stereocenters. The summed E-state index contributed by atoms with van der Waals surface area (Å²) in [5.74, 6) is 0.527. The van der Waals surface area contributed by atoms with Crippen molar-refractivity contribution in [3.8, 4) is 0 Å². The Balaban J connectivity index is 1.46. The van der Waals surface area contributed by atoms with Gasteiger partial charge in [0.1, 0.15) is 0 Å². The predicted molar refractivity (Wildman–Crippen MR) is 105 cm³/mol. The van der Waals surface area contributed by atoms with E-state index in [1.807, 2.05) is 31.3 Å². The number of hydrogen-bond acceptors (Lipinski definition) is 6. The van der Waals surface area contributed by atoms with Crippen molar-refractivity contribution < 1.29 is 8.42 Å². The Labute approximate surface area is 161 Å². The number of sulfone groups is 1. The molecule has 2 atom stereocenters. The maximum Gasteiger partial charge on any atom is 0.153 e. The zero-order valence-electron chi connectivity index (χ0n) is 15.7. The molecule has 2 fully saturated rings. The van der Waals surface area contributed by atoms with Crippen molar-refractivity contribution in [3.63, 3.8) is 0 Å². The molecule has 2 saturated heterocycles. The summed E-state index contributed by atoms with van der Waals surface area (Å²) in [5.41, 5.74) is 3.23. The van der Waals surface area contributed by atoms with E-state index in [1.54, 1.807) is 6.20 Å². The highest BCUT2D eigenvalue weighted by Crippen LogP contribution is 2.28. The summed E-state index contributed by atoms with van der Waals surface area (Å²) in [6.45, 7) is 5.39. The lowest BCUT2D eigenvalue weighted by Gasteiger charge is -2.44. The summed E-state index contributed by atoms with van der Waals surface area (Å²) < 4.78 is 24.8. The van der Waals surface area contributed by atoms with Crippen molar-refractivity contribution >= 4 is 9.84 Å². The fourth-order valence-electron chi connectivity index (χ4n) is 4.29. The molecule has 2 aliphatic rings. The van der Waals surface area contributed by atoms with Crippen LogP contribution in [0.4, 0.5) is 0 Å². The third-order valence-electron chi connectivity index (χ3n) is 5.62. The smallest absolute Gasteiger partial charge is 0.153 e. The van der Waals surface area contributed by atoms with Gasteiger partial charge < -0.3 is 0 Å². The topological polar surface area (TPSA) is 66.4 Å². The molecule has 7 heteroatoms. The van der Waals surface area contributed by atoms with Crippen LogP contribution in [0.15, 0.2) is 42.7 Å². The second-order valence-electron chi connectivity index (χ2n) is 7.60. The van der Waals surface area contributed by atoms with E-state index >= 15 is 0 Å². The molecule has 0 N–H and O–H groups in total. The van der Waals surface area contributed by atoms with E-state index < -0.39 is 9.84 Å². The van der Waals surface area contributed by atoms with E-state index in [-0.39, 0.29) is 23.6 Å². The van der Waals surface area contributed by atoms with Crippen LogP contribution in [0.2, 0.25) is 0 Å². The molecular weight excluding hydrogens is 360 g/mol. The number of aryl methyl sites for hydroxylation is 1. The van der Waals surface area contributed by atoms with Gasteiger partial charge in [-0.25, -0.2) is 8.42 Å². The van der Waals surface area contributed by atoms with Gasteiger partial charge in [-0.1, -0.05) is 12.1 Å². The molecule has 2 aromatic rings. The van der Waals surface area contributed by atoms with E-state index in [1.165, 1.54) is 0 Å². The van der Waals surface area contributed by atoms with Gasteiger partial charge in [-0.15, -0.1) is 0 Å². The third kappa shape index (κ3) is 4.36. The van der Waals surface area contributed by atoms with Gasteiger partial charge in [0, 0.05) is 68.5 Å². The normalized spacial score (nSPS) is 25.4. The zero-order valence-corrected chi connectivity index (χ0v) is 16.5. The summed E-state index contributed by atoms with van der Waals surface area (Å²) in [4.78, 5) is 13.5. The van der Waals surface area contributed by atoms with Crippen molar-refractivity contribution in [3.05, 3.63) is 59.7 Å². The molecule has 0 aliphatic carbocycles. The van der Waals surface area contributed by atoms with E-state index in [0.29, 0.717) is 0 Å². The molecule has 27 heavy (non-hydrogen) atoms. The lowest BCUT2D eigenvalue weighted by molar-refractivity contribution is 0.0410. The van der Waals surface area contributed by atoms with Crippen LogP contribution in [0.25, 0.3) is 0 Å². The molecule has 4 heterocycles. The van der Waals surface area contributed by atoms with Gasteiger partial charge >= 0.3 is 0 Å². The second-order valence-corrected chi connectivity index (χ2v) is 9.75. The number of aromatic nitrogens is 2. The highest BCUT2D eigenvalue weighted by Gasteiger charge is 2.46. The predicted octanol–water partition coefficient (Wildman–Crippen LogP) is 1.31. The van der Waals surface area contributed by atoms with Gasteiger partial charge in [0.15, 0.2) is 9.84 Å². The monoisotopic (exact) mass is 386 g/mol. The van der Waals surface area contributed by atoms with Crippen LogP contribution in [0.3, 0.4) is 0 Å². The quantitative estimate of drug-likeness (QED) is 0.772. The fourth-order valence-corrected chi connectivity index (χ4v) is 6.34. The SMILES string of the molecule is Cc1cccc(CCN2CCN(Cc3cccnc3)[C@@H]3CS(=O)(=O)C[C@@H]32)n1. The molecule has 0 aromatic carbocycles. The molecule has 144 valence electrons. The summed E-state index contributed by atoms with van der Waals surface area (Å²) in [5, 5.41) is 0. The van der Waals surface area contributed by atoms with E-state index in [2.05, 4.69) is 31.9 Å². The summed E-state index contributed by atoms with van der Waals surface area (Å²) in [6.07, 6.45) is 4.49. The van der Waals surface area contributed by atoms with Crippen LogP contribution < -0.4 is 0 Å². The molecule has 0 amide bonds. The summed E-state index contributed by atoms with van der Waals surface area (Å²) >= 11 is 0. The Kier molecular flexibility index (Phi) is 5.25. The average molecular weight is 387 g/mol. The molecule has 2 aliphatic heterocycles. The Morgan fingerprint density at radius 1 is 1.07 bits per heavy atom. The van der Waals surface area contributed by atoms with Gasteiger partial charge in [0.2, 0.25) is 0 Å². The molecule has 2 aromatic heterocycles.